The Kier molecular flexibility index (Phi) is 1.59. The van der Waals surface area contributed by atoms with Crippen LogP contribution in [0.25, 0.3) is 0 Å². The highest BCUT2D eigenvalue weighted by Crippen LogP contribution is 2.06. The minimum absolute atomic E-state index is 0.163. The Hall–Kier alpha value is -1.85. The fourth-order valence-corrected chi connectivity index (χ4v) is 0.624. The molecule has 0 unspecified atom stereocenters. The molecule has 0 spiro atoms. The number of pyridine rings is 1. The third kappa shape index (κ3) is 1.34. The standard InChI is InChI=1S/C5H5N3O3/c6-3-1-4(8(10)11)5(9)7-2-3/h1-2H,6H2,(H,7,9). The number of aromatic nitrogens is 1. The van der Waals surface area contributed by atoms with Gasteiger partial charge in [-0.05, 0) is 0 Å². The van der Waals surface area contributed by atoms with Gasteiger partial charge in [0.05, 0.1) is 10.6 Å². The Labute approximate surface area is 60.8 Å². The van der Waals surface area contributed by atoms with Crippen LogP contribution >= 0.6 is 0 Å². The van der Waals surface area contributed by atoms with Crippen LogP contribution in [-0.2, 0) is 0 Å². The molecular weight excluding hydrogens is 150 g/mol. The lowest BCUT2D eigenvalue weighted by molar-refractivity contribution is -0.386. The molecule has 0 saturated heterocycles. The Balaban J connectivity index is 3.35. The van der Waals surface area contributed by atoms with E-state index in [9.17, 15) is 14.9 Å². The van der Waals surface area contributed by atoms with Crippen LogP contribution < -0.4 is 11.3 Å². The molecule has 1 heterocycles. The van der Waals surface area contributed by atoms with E-state index in [0.29, 0.717) is 0 Å². The van der Waals surface area contributed by atoms with Gasteiger partial charge in [-0.15, -0.1) is 0 Å². The van der Waals surface area contributed by atoms with E-state index in [1.165, 1.54) is 6.20 Å². The Bertz CT molecular complexity index is 343. The SMILES string of the molecule is Nc1c[nH]c(=O)c([N+](=O)[O-])c1. The number of nitrogen functional groups attached to an aromatic ring is 1. The maximum atomic E-state index is 10.7. The van der Waals surface area contributed by atoms with Gasteiger partial charge in [0.25, 0.3) is 0 Å². The normalized spacial score (nSPS) is 9.45. The molecule has 0 amide bonds. The lowest BCUT2D eigenvalue weighted by Gasteiger charge is -1.90. The molecule has 11 heavy (non-hydrogen) atoms. The minimum Gasteiger partial charge on any atom is -0.397 e. The Morgan fingerprint density at radius 3 is 2.73 bits per heavy atom. The highest BCUT2D eigenvalue weighted by Gasteiger charge is 2.10. The minimum atomic E-state index is -0.783. The monoisotopic (exact) mass is 155 g/mol. The molecule has 0 radical (unpaired) electrons. The molecule has 58 valence electrons. The summed E-state index contributed by atoms with van der Waals surface area (Å²) in [6, 6.07) is 1.01. The third-order valence-corrected chi connectivity index (χ3v) is 1.10. The van der Waals surface area contributed by atoms with Crippen LogP contribution in [0.3, 0.4) is 0 Å². The number of rotatable bonds is 1. The van der Waals surface area contributed by atoms with Gasteiger partial charge in [0.2, 0.25) is 0 Å². The van der Waals surface area contributed by atoms with Gasteiger partial charge in [-0.1, -0.05) is 0 Å². The van der Waals surface area contributed by atoms with Crippen molar-refractivity contribution in [2.75, 3.05) is 5.73 Å². The molecule has 6 nitrogen and oxygen atoms in total. The molecule has 3 N–H and O–H groups in total. The molecular formula is C5H5N3O3. The van der Waals surface area contributed by atoms with Gasteiger partial charge < -0.3 is 10.7 Å². The summed E-state index contributed by atoms with van der Waals surface area (Å²) in [7, 11) is 0. The summed E-state index contributed by atoms with van der Waals surface area (Å²) in [6.07, 6.45) is 1.20. The maximum Gasteiger partial charge on any atom is 0.335 e. The lowest BCUT2D eigenvalue weighted by Crippen LogP contribution is -2.11. The van der Waals surface area contributed by atoms with Crippen molar-refractivity contribution >= 4 is 11.4 Å². The fraction of sp³-hybridized carbons (Fsp3) is 0. The number of hydrogen-bond acceptors (Lipinski definition) is 4. The van der Waals surface area contributed by atoms with E-state index < -0.39 is 16.2 Å². The summed E-state index contributed by atoms with van der Waals surface area (Å²) < 4.78 is 0. The second-order valence-corrected chi connectivity index (χ2v) is 1.90. The van der Waals surface area contributed by atoms with Crippen molar-refractivity contribution in [3.63, 3.8) is 0 Å². The van der Waals surface area contributed by atoms with E-state index in [2.05, 4.69) is 4.98 Å². The van der Waals surface area contributed by atoms with Gasteiger partial charge in [-0.25, -0.2) is 0 Å². The molecule has 0 saturated carbocycles. The molecule has 0 aliphatic rings. The van der Waals surface area contributed by atoms with Gasteiger partial charge >= 0.3 is 11.2 Å². The van der Waals surface area contributed by atoms with Crippen LogP contribution in [-0.4, -0.2) is 9.91 Å². The highest BCUT2D eigenvalue weighted by molar-refractivity contribution is 5.43. The number of nitro groups is 1. The predicted molar refractivity (Wildman–Crippen MR) is 38.1 cm³/mol. The molecule has 1 aromatic rings. The van der Waals surface area contributed by atoms with Gasteiger partial charge in [-0.3, -0.25) is 14.9 Å². The topological polar surface area (TPSA) is 102 Å². The summed E-state index contributed by atoms with van der Waals surface area (Å²) >= 11 is 0. The molecule has 0 aliphatic carbocycles. The molecule has 0 aliphatic heterocycles. The summed E-state index contributed by atoms with van der Waals surface area (Å²) in [5.41, 5.74) is 4.07. The van der Waals surface area contributed by atoms with E-state index in [1.54, 1.807) is 0 Å². The van der Waals surface area contributed by atoms with Crippen LogP contribution in [0.2, 0.25) is 0 Å². The Morgan fingerprint density at radius 1 is 1.64 bits per heavy atom. The van der Waals surface area contributed by atoms with Crippen LogP contribution in [0.4, 0.5) is 11.4 Å². The van der Waals surface area contributed by atoms with Crippen molar-refractivity contribution in [2.24, 2.45) is 0 Å². The van der Waals surface area contributed by atoms with Gasteiger partial charge in [0, 0.05) is 12.3 Å². The first-order valence-electron chi connectivity index (χ1n) is 2.74. The second kappa shape index (κ2) is 2.41. The zero-order valence-electron chi connectivity index (χ0n) is 5.40. The number of nitrogens with zero attached hydrogens (tertiary/aromatic N) is 1. The quantitative estimate of drug-likeness (QED) is 0.435. The fourth-order valence-electron chi connectivity index (χ4n) is 0.624. The van der Waals surface area contributed by atoms with Crippen LogP contribution in [0.5, 0.6) is 0 Å². The van der Waals surface area contributed by atoms with Crippen molar-refractivity contribution in [3.05, 3.63) is 32.7 Å². The van der Waals surface area contributed by atoms with E-state index >= 15 is 0 Å². The van der Waals surface area contributed by atoms with Crippen LogP contribution in [0, 0.1) is 10.1 Å². The predicted octanol–water partition coefficient (Wildman–Crippen LogP) is -0.135. The zero-order chi connectivity index (χ0) is 8.43. The summed E-state index contributed by atoms with van der Waals surface area (Å²) in [5.74, 6) is 0. The maximum absolute atomic E-state index is 10.7. The first kappa shape index (κ1) is 7.26. The average Bonchev–Trinajstić information content (AvgIpc) is 1.94. The molecule has 6 heteroatoms. The molecule has 0 atom stereocenters. The van der Waals surface area contributed by atoms with Crippen molar-refractivity contribution in [1.29, 1.82) is 0 Å². The number of aromatic amines is 1. The van der Waals surface area contributed by atoms with Gasteiger partial charge in [0.1, 0.15) is 0 Å². The number of nitrogens with one attached hydrogen (secondary N) is 1. The number of anilines is 1. The van der Waals surface area contributed by atoms with Crippen LogP contribution in [0.1, 0.15) is 0 Å². The Morgan fingerprint density at radius 2 is 2.27 bits per heavy atom. The van der Waals surface area contributed by atoms with Gasteiger partial charge in [-0.2, -0.15) is 0 Å². The first-order chi connectivity index (χ1) is 5.11. The molecule has 1 rings (SSSR count). The molecule has 1 aromatic heterocycles. The third-order valence-electron chi connectivity index (χ3n) is 1.10. The van der Waals surface area contributed by atoms with Crippen molar-refractivity contribution < 1.29 is 4.92 Å². The van der Waals surface area contributed by atoms with Crippen molar-refractivity contribution in [1.82, 2.24) is 4.98 Å². The van der Waals surface area contributed by atoms with E-state index in [4.69, 9.17) is 5.73 Å². The summed E-state index contributed by atoms with van der Waals surface area (Å²) in [5, 5.41) is 10.1. The zero-order valence-corrected chi connectivity index (χ0v) is 5.40. The van der Waals surface area contributed by atoms with E-state index in [1.807, 2.05) is 0 Å². The summed E-state index contributed by atoms with van der Waals surface area (Å²) in [4.78, 5) is 22.1. The van der Waals surface area contributed by atoms with Crippen molar-refractivity contribution in [2.45, 2.75) is 0 Å². The second-order valence-electron chi connectivity index (χ2n) is 1.90. The first-order valence-corrected chi connectivity index (χ1v) is 2.74. The molecule has 0 aromatic carbocycles. The average molecular weight is 155 g/mol. The van der Waals surface area contributed by atoms with Crippen LogP contribution in [0.15, 0.2) is 17.1 Å². The highest BCUT2D eigenvalue weighted by atomic mass is 16.6. The van der Waals surface area contributed by atoms with Crippen molar-refractivity contribution in [3.8, 4) is 0 Å². The van der Waals surface area contributed by atoms with E-state index in [-0.39, 0.29) is 5.69 Å². The van der Waals surface area contributed by atoms with Gasteiger partial charge in [0.15, 0.2) is 0 Å². The lowest BCUT2D eigenvalue weighted by atomic mass is 10.4. The number of hydrogen-bond donors (Lipinski definition) is 2. The smallest absolute Gasteiger partial charge is 0.335 e. The van der Waals surface area contributed by atoms with E-state index in [0.717, 1.165) is 6.07 Å². The summed E-state index contributed by atoms with van der Waals surface area (Å²) in [6.45, 7) is 0. The largest absolute Gasteiger partial charge is 0.397 e. The number of nitrogens with two attached hydrogens (primary N) is 1. The molecule has 0 bridgehead atoms. The molecule has 0 fully saturated rings. The number of H-pyrrole nitrogens is 1.